The summed E-state index contributed by atoms with van der Waals surface area (Å²) in [5.74, 6) is 0.579. The second kappa shape index (κ2) is 5.04. The molecule has 17 heavy (non-hydrogen) atoms. The van der Waals surface area contributed by atoms with Crippen molar-refractivity contribution < 1.29 is 13.2 Å². The third kappa shape index (κ3) is 3.26. The normalized spacial score (nSPS) is 28.8. The molecular weight excluding hydrogens is 240 g/mol. The number of carbonyl (C=O) groups excluding carboxylic acids is 1. The van der Waals surface area contributed by atoms with Crippen molar-refractivity contribution in [2.45, 2.75) is 19.3 Å². The van der Waals surface area contributed by atoms with Crippen LogP contribution in [0.2, 0.25) is 0 Å². The van der Waals surface area contributed by atoms with Gasteiger partial charge in [0, 0.05) is 45.1 Å². The predicted molar refractivity (Wildman–Crippen MR) is 65.2 cm³/mol. The summed E-state index contributed by atoms with van der Waals surface area (Å²) in [4.78, 5) is 13.8. The van der Waals surface area contributed by atoms with Gasteiger partial charge in [0.15, 0.2) is 0 Å². The van der Waals surface area contributed by atoms with Crippen molar-refractivity contribution in [1.82, 2.24) is 9.21 Å². The Hall–Kier alpha value is -0.460. The van der Waals surface area contributed by atoms with Crippen molar-refractivity contribution in [1.29, 1.82) is 0 Å². The van der Waals surface area contributed by atoms with E-state index in [4.69, 9.17) is 0 Å². The molecular formula is C11H20N2O3S. The molecule has 0 bridgehead atoms. The molecule has 5 nitrogen and oxygen atoms in total. The third-order valence-corrected chi connectivity index (χ3v) is 5.01. The summed E-state index contributed by atoms with van der Waals surface area (Å²) in [5.41, 5.74) is 0. The maximum absolute atomic E-state index is 11.5. The van der Waals surface area contributed by atoms with Crippen LogP contribution in [0.5, 0.6) is 0 Å². The average Bonchev–Trinajstić information content (AvgIpc) is 2.64. The number of hydrogen-bond donors (Lipinski definition) is 0. The minimum atomic E-state index is -3.05. The molecule has 2 aliphatic rings. The van der Waals surface area contributed by atoms with E-state index >= 15 is 0 Å². The van der Waals surface area contributed by atoms with Crippen molar-refractivity contribution >= 4 is 15.8 Å². The molecule has 1 atom stereocenters. The van der Waals surface area contributed by atoms with Gasteiger partial charge >= 0.3 is 0 Å². The lowest BCUT2D eigenvalue weighted by Crippen LogP contribution is -2.49. The summed E-state index contributed by atoms with van der Waals surface area (Å²) >= 11 is 0. The van der Waals surface area contributed by atoms with Gasteiger partial charge in [0.1, 0.15) is 5.78 Å². The van der Waals surface area contributed by atoms with Gasteiger partial charge in [0.25, 0.3) is 0 Å². The first kappa shape index (κ1) is 13.0. The van der Waals surface area contributed by atoms with E-state index < -0.39 is 10.0 Å². The van der Waals surface area contributed by atoms with Crippen LogP contribution in [-0.4, -0.2) is 62.4 Å². The monoisotopic (exact) mass is 260 g/mol. The van der Waals surface area contributed by atoms with Crippen LogP contribution in [0.1, 0.15) is 19.3 Å². The first-order valence-electron chi connectivity index (χ1n) is 6.17. The van der Waals surface area contributed by atoms with Crippen molar-refractivity contribution in [3.63, 3.8) is 0 Å². The summed E-state index contributed by atoms with van der Waals surface area (Å²) in [5, 5.41) is 0. The first-order chi connectivity index (χ1) is 7.97. The number of sulfonamides is 1. The van der Waals surface area contributed by atoms with Crippen LogP contribution < -0.4 is 0 Å². The molecule has 6 heteroatoms. The number of ketones is 1. The fourth-order valence-corrected chi connectivity index (χ4v) is 3.46. The number of Topliss-reactive ketones (excluding diaryl/α,β-unsaturated/α-hetero) is 1. The second-order valence-corrected chi connectivity index (χ2v) is 7.00. The number of carbonyl (C=O) groups is 1. The van der Waals surface area contributed by atoms with E-state index in [1.807, 2.05) is 0 Å². The van der Waals surface area contributed by atoms with E-state index in [1.165, 1.54) is 10.6 Å². The quantitative estimate of drug-likeness (QED) is 0.713. The lowest BCUT2D eigenvalue weighted by Gasteiger charge is -2.34. The average molecular weight is 260 g/mol. The molecule has 0 aromatic rings. The zero-order valence-corrected chi connectivity index (χ0v) is 11.1. The summed E-state index contributed by atoms with van der Waals surface area (Å²) in [6.07, 6.45) is 4.01. The van der Waals surface area contributed by atoms with E-state index in [0.717, 1.165) is 38.9 Å². The lowest BCUT2D eigenvalue weighted by molar-refractivity contribution is -0.121. The van der Waals surface area contributed by atoms with E-state index in [-0.39, 0.29) is 5.92 Å². The topological polar surface area (TPSA) is 57.7 Å². The molecule has 0 aromatic carbocycles. The van der Waals surface area contributed by atoms with Gasteiger partial charge < -0.3 is 0 Å². The fourth-order valence-electron chi connectivity index (χ4n) is 2.64. The third-order valence-electron chi connectivity index (χ3n) is 3.71. The second-order valence-electron chi connectivity index (χ2n) is 5.02. The van der Waals surface area contributed by atoms with Crippen LogP contribution in [0.25, 0.3) is 0 Å². The van der Waals surface area contributed by atoms with Gasteiger partial charge in [0.05, 0.1) is 6.26 Å². The van der Waals surface area contributed by atoms with E-state index in [9.17, 15) is 13.2 Å². The molecule has 0 aromatic heterocycles. The molecule has 0 amide bonds. The Bertz CT molecular complexity index is 386. The number of piperazine rings is 1. The van der Waals surface area contributed by atoms with Crippen LogP contribution in [0, 0.1) is 5.92 Å². The molecule has 0 N–H and O–H groups in total. The van der Waals surface area contributed by atoms with E-state index in [1.54, 1.807) is 0 Å². The van der Waals surface area contributed by atoms with Gasteiger partial charge in [-0.05, 0) is 12.8 Å². The maximum atomic E-state index is 11.5. The highest BCUT2D eigenvalue weighted by molar-refractivity contribution is 7.88. The van der Waals surface area contributed by atoms with Gasteiger partial charge in [-0.3, -0.25) is 9.69 Å². The summed E-state index contributed by atoms with van der Waals surface area (Å²) in [6.45, 7) is 3.42. The highest BCUT2D eigenvalue weighted by atomic mass is 32.2. The lowest BCUT2D eigenvalue weighted by atomic mass is 10.1. The molecule has 0 radical (unpaired) electrons. The van der Waals surface area contributed by atoms with Gasteiger partial charge in [-0.15, -0.1) is 0 Å². The molecule has 1 unspecified atom stereocenters. The molecule has 2 rings (SSSR count). The number of rotatable bonds is 3. The molecule has 1 saturated heterocycles. The largest absolute Gasteiger partial charge is 0.300 e. The van der Waals surface area contributed by atoms with Gasteiger partial charge in [-0.2, -0.15) is 4.31 Å². The van der Waals surface area contributed by atoms with E-state index in [0.29, 0.717) is 18.9 Å². The standard InChI is InChI=1S/C11H20N2O3S/c1-17(15,16)13-7-5-12(6-8-13)9-10-3-2-4-11(10)14/h10H,2-9H2,1H3. The Labute approximate surface area is 103 Å². The predicted octanol–water partition coefficient (Wildman–Crippen LogP) is -0.0672. The SMILES string of the molecule is CS(=O)(=O)N1CCN(CC2CCCC2=O)CC1. The van der Waals surface area contributed by atoms with Crippen molar-refractivity contribution in [3.05, 3.63) is 0 Å². The van der Waals surface area contributed by atoms with Crippen molar-refractivity contribution in [2.75, 3.05) is 39.0 Å². The van der Waals surface area contributed by atoms with E-state index in [2.05, 4.69) is 4.90 Å². The molecule has 0 spiro atoms. The van der Waals surface area contributed by atoms with Crippen molar-refractivity contribution in [2.24, 2.45) is 5.92 Å². The minimum absolute atomic E-state index is 0.194. The van der Waals surface area contributed by atoms with Crippen LogP contribution in [-0.2, 0) is 14.8 Å². The van der Waals surface area contributed by atoms with Gasteiger partial charge in [-0.25, -0.2) is 8.42 Å². The van der Waals surface area contributed by atoms with Crippen LogP contribution in [0.4, 0.5) is 0 Å². The van der Waals surface area contributed by atoms with Crippen LogP contribution in [0.3, 0.4) is 0 Å². The Kier molecular flexibility index (Phi) is 3.85. The van der Waals surface area contributed by atoms with Gasteiger partial charge in [-0.1, -0.05) is 0 Å². The molecule has 98 valence electrons. The summed E-state index contributed by atoms with van der Waals surface area (Å²) in [7, 11) is -3.05. The molecule has 1 aliphatic carbocycles. The highest BCUT2D eigenvalue weighted by Crippen LogP contribution is 2.22. The molecule has 1 heterocycles. The smallest absolute Gasteiger partial charge is 0.211 e. The minimum Gasteiger partial charge on any atom is -0.300 e. The fraction of sp³-hybridized carbons (Fsp3) is 0.909. The van der Waals surface area contributed by atoms with Crippen LogP contribution in [0.15, 0.2) is 0 Å². The molecule has 1 aliphatic heterocycles. The summed E-state index contributed by atoms with van der Waals surface area (Å²) < 4.78 is 24.2. The summed E-state index contributed by atoms with van der Waals surface area (Å²) in [6, 6.07) is 0. The zero-order valence-electron chi connectivity index (χ0n) is 10.3. The Morgan fingerprint density at radius 1 is 1.24 bits per heavy atom. The maximum Gasteiger partial charge on any atom is 0.211 e. The Morgan fingerprint density at radius 2 is 1.88 bits per heavy atom. The van der Waals surface area contributed by atoms with Crippen LogP contribution >= 0.6 is 0 Å². The number of hydrogen-bond acceptors (Lipinski definition) is 4. The molecule has 1 saturated carbocycles. The zero-order chi connectivity index (χ0) is 12.5. The molecule has 2 fully saturated rings. The van der Waals surface area contributed by atoms with Crippen molar-refractivity contribution in [3.8, 4) is 0 Å². The highest BCUT2D eigenvalue weighted by Gasteiger charge is 2.29. The Morgan fingerprint density at radius 3 is 2.35 bits per heavy atom. The number of nitrogens with zero attached hydrogens (tertiary/aromatic N) is 2. The van der Waals surface area contributed by atoms with Gasteiger partial charge in [0.2, 0.25) is 10.0 Å². The Balaban J connectivity index is 1.81. The first-order valence-corrected chi connectivity index (χ1v) is 8.02.